The lowest BCUT2D eigenvalue weighted by atomic mass is 10.1. The number of rotatable bonds is 1. The Morgan fingerprint density at radius 3 is 3.09 bits per heavy atom. The van der Waals surface area contributed by atoms with Gasteiger partial charge >= 0.3 is 0 Å². The molecule has 1 atom stereocenters. The number of fused-ring (bicyclic) bond motifs is 2. The third-order valence-corrected chi connectivity index (χ3v) is 2.99. The fourth-order valence-electron chi connectivity index (χ4n) is 2.03. The largest absolute Gasteiger partial charge is 0.357 e. The monoisotopic (exact) mass is 170 g/mol. The zero-order valence-corrected chi connectivity index (χ0v) is 7.56. The molecule has 0 amide bonds. The lowest BCUT2D eigenvalue weighted by Gasteiger charge is -2.22. The number of thiol groups is 1. The predicted octanol–water partition coefficient (Wildman–Crippen LogP) is 1.12. The van der Waals surface area contributed by atoms with Crippen LogP contribution in [0.1, 0.15) is 12.8 Å². The summed E-state index contributed by atoms with van der Waals surface area (Å²) in [6, 6.07) is 0.703. The van der Waals surface area contributed by atoms with Gasteiger partial charge in [-0.25, -0.2) is 0 Å². The first-order valence-corrected chi connectivity index (χ1v) is 4.77. The van der Waals surface area contributed by atoms with Crippen LogP contribution in [0.4, 0.5) is 0 Å². The molecule has 0 radical (unpaired) electrons. The van der Waals surface area contributed by atoms with Crippen molar-refractivity contribution in [2.24, 2.45) is 0 Å². The van der Waals surface area contributed by atoms with Gasteiger partial charge in [0.15, 0.2) is 0 Å². The van der Waals surface area contributed by atoms with E-state index in [1.807, 2.05) is 0 Å². The van der Waals surface area contributed by atoms with Gasteiger partial charge in [-0.2, -0.15) is 12.6 Å². The van der Waals surface area contributed by atoms with Crippen LogP contribution in [-0.4, -0.2) is 34.8 Å². The number of piperidine rings is 1. The van der Waals surface area contributed by atoms with Crippen LogP contribution in [0, 0.1) is 0 Å². The molecule has 0 aromatic heterocycles. The highest BCUT2D eigenvalue weighted by Gasteiger charge is 2.34. The van der Waals surface area contributed by atoms with Crippen LogP contribution in [0.2, 0.25) is 0 Å². The Bertz CT molecular complexity index is 181. The highest BCUT2D eigenvalue weighted by atomic mass is 32.1. The van der Waals surface area contributed by atoms with Crippen molar-refractivity contribution in [1.29, 1.82) is 0 Å². The molecule has 1 unspecified atom stereocenters. The maximum absolute atomic E-state index is 4.30. The minimum atomic E-state index is 0.703. The van der Waals surface area contributed by atoms with Crippen LogP contribution in [0.15, 0.2) is 12.4 Å². The lowest BCUT2D eigenvalue weighted by molar-refractivity contribution is 0.304. The molecule has 0 spiro atoms. The van der Waals surface area contributed by atoms with Gasteiger partial charge < -0.3 is 9.80 Å². The van der Waals surface area contributed by atoms with Gasteiger partial charge in [0, 0.05) is 19.1 Å². The average Bonchev–Trinajstić information content (AvgIpc) is 2.25. The molecule has 0 aliphatic carbocycles. The summed E-state index contributed by atoms with van der Waals surface area (Å²) in [6.45, 7) is 6.43. The van der Waals surface area contributed by atoms with E-state index in [0.717, 1.165) is 5.88 Å². The lowest BCUT2D eigenvalue weighted by Crippen LogP contribution is -2.30. The molecule has 0 saturated carbocycles. The first-order valence-electron chi connectivity index (χ1n) is 4.14. The SMILES string of the molecule is C=C1N2CCCC(C2)N1CS. The molecule has 0 N–H and O–H groups in total. The van der Waals surface area contributed by atoms with E-state index in [1.165, 1.54) is 31.8 Å². The molecule has 2 rings (SSSR count). The third kappa shape index (κ3) is 1.02. The van der Waals surface area contributed by atoms with Crippen molar-refractivity contribution < 1.29 is 0 Å². The molecule has 2 bridgehead atoms. The summed E-state index contributed by atoms with van der Waals surface area (Å²) in [5.41, 5.74) is 0. The predicted molar refractivity (Wildman–Crippen MR) is 49.4 cm³/mol. The summed E-state index contributed by atoms with van der Waals surface area (Å²) in [5, 5.41) is 0. The Morgan fingerprint density at radius 1 is 1.64 bits per heavy atom. The second-order valence-electron chi connectivity index (χ2n) is 3.27. The van der Waals surface area contributed by atoms with Crippen molar-refractivity contribution >= 4 is 12.6 Å². The molecule has 2 fully saturated rings. The fourth-order valence-corrected chi connectivity index (χ4v) is 2.43. The molecular formula is C8H14N2S. The Morgan fingerprint density at radius 2 is 2.45 bits per heavy atom. The number of nitrogens with zero attached hydrogens (tertiary/aromatic N) is 2. The van der Waals surface area contributed by atoms with Gasteiger partial charge in [0.25, 0.3) is 0 Å². The number of hydrogen-bond acceptors (Lipinski definition) is 3. The molecule has 3 heteroatoms. The zero-order chi connectivity index (χ0) is 7.84. The molecule has 2 heterocycles. The average molecular weight is 170 g/mol. The van der Waals surface area contributed by atoms with Gasteiger partial charge in [0.1, 0.15) is 0 Å². The summed E-state index contributed by atoms with van der Waals surface area (Å²) in [5.74, 6) is 2.00. The van der Waals surface area contributed by atoms with E-state index in [9.17, 15) is 0 Å². The van der Waals surface area contributed by atoms with Crippen molar-refractivity contribution in [3.8, 4) is 0 Å². The Hall–Kier alpha value is -0.310. The second kappa shape index (κ2) is 2.63. The van der Waals surface area contributed by atoms with Gasteiger partial charge in [0.05, 0.1) is 11.7 Å². The standard InChI is InChI=1S/C8H14N2S/c1-7-9-4-2-3-8(5-9)10(7)6-11/h8,11H,1-6H2. The Balaban J connectivity index is 2.17. The van der Waals surface area contributed by atoms with Gasteiger partial charge in [-0.1, -0.05) is 6.58 Å². The van der Waals surface area contributed by atoms with Gasteiger partial charge in [-0.3, -0.25) is 0 Å². The topological polar surface area (TPSA) is 6.48 Å². The minimum absolute atomic E-state index is 0.703. The molecule has 11 heavy (non-hydrogen) atoms. The molecule has 2 aliphatic rings. The summed E-state index contributed by atoms with van der Waals surface area (Å²) < 4.78 is 0. The van der Waals surface area contributed by atoms with E-state index < -0.39 is 0 Å². The molecular weight excluding hydrogens is 156 g/mol. The quantitative estimate of drug-likeness (QED) is 0.589. The first kappa shape index (κ1) is 7.35. The highest BCUT2D eigenvalue weighted by Crippen LogP contribution is 2.29. The van der Waals surface area contributed by atoms with Gasteiger partial charge in [0.2, 0.25) is 0 Å². The molecule has 2 nitrogen and oxygen atoms in total. The Kier molecular flexibility index (Phi) is 1.75. The van der Waals surface area contributed by atoms with Gasteiger partial charge in [-0.15, -0.1) is 0 Å². The van der Waals surface area contributed by atoms with Crippen LogP contribution >= 0.6 is 12.6 Å². The molecule has 62 valence electrons. The molecule has 2 saturated heterocycles. The van der Waals surface area contributed by atoms with Crippen LogP contribution < -0.4 is 0 Å². The van der Waals surface area contributed by atoms with E-state index in [0.29, 0.717) is 6.04 Å². The molecule has 0 aromatic carbocycles. The van der Waals surface area contributed by atoms with E-state index in [2.05, 4.69) is 29.0 Å². The van der Waals surface area contributed by atoms with E-state index in [4.69, 9.17) is 0 Å². The number of hydrogen-bond donors (Lipinski definition) is 1. The van der Waals surface area contributed by atoms with E-state index in [-0.39, 0.29) is 0 Å². The van der Waals surface area contributed by atoms with Crippen LogP contribution in [0.5, 0.6) is 0 Å². The summed E-state index contributed by atoms with van der Waals surface area (Å²) in [7, 11) is 0. The van der Waals surface area contributed by atoms with Crippen molar-refractivity contribution in [3.63, 3.8) is 0 Å². The normalized spacial score (nSPS) is 29.9. The summed E-state index contributed by atoms with van der Waals surface area (Å²) in [6.07, 6.45) is 2.63. The second-order valence-corrected chi connectivity index (χ2v) is 3.55. The van der Waals surface area contributed by atoms with Gasteiger partial charge in [-0.05, 0) is 12.8 Å². The maximum Gasteiger partial charge on any atom is 0.0975 e. The highest BCUT2D eigenvalue weighted by molar-refractivity contribution is 7.80. The van der Waals surface area contributed by atoms with Crippen LogP contribution in [0.3, 0.4) is 0 Å². The smallest absolute Gasteiger partial charge is 0.0975 e. The van der Waals surface area contributed by atoms with Crippen LogP contribution in [-0.2, 0) is 0 Å². The summed E-state index contributed by atoms with van der Waals surface area (Å²) in [4.78, 5) is 4.67. The Labute approximate surface area is 73.3 Å². The third-order valence-electron chi connectivity index (χ3n) is 2.69. The molecule has 0 aromatic rings. The minimum Gasteiger partial charge on any atom is -0.357 e. The molecule has 2 aliphatic heterocycles. The maximum atomic E-state index is 4.30. The van der Waals surface area contributed by atoms with Crippen LogP contribution in [0.25, 0.3) is 0 Å². The van der Waals surface area contributed by atoms with Crippen molar-refractivity contribution in [3.05, 3.63) is 12.4 Å². The first-order chi connectivity index (χ1) is 5.33. The summed E-state index contributed by atoms with van der Waals surface area (Å²) >= 11 is 4.30. The zero-order valence-electron chi connectivity index (χ0n) is 6.66. The van der Waals surface area contributed by atoms with Crippen molar-refractivity contribution in [2.75, 3.05) is 19.0 Å². The van der Waals surface area contributed by atoms with Crippen molar-refractivity contribution in [1.82, 2.24) is 9.80 Å². The fraction of sp³-hybridized carbons (Fsp3) is 0.750. The van der Waals surface area contributed by atoms with E-state index >= 15 is 0 Å². The van der Waals surface area contributed by atoms with Crippen molar-refractivity contribution in [2.45, 2.75) is 18.9 Å². The van der Waals surface area contributed by atoms with E-state index in [1.54, 1.807) is 0 Å².